The Hall–Kier alpha value is -2.41. The highest BCUT2D eigenvalue weighted by Gasteiger charge is 2.52. The molecule has 2 aliphatic heterocycles. The molecule has 2 aliphatic rings. The number of β-lactam (4-membered cyclic amide) rings is 1. The Balaban J connectivity index is 1.77. The number of aromatic nitrogens is 2. The fraction of sp³-hybridized carbons (Fsp3) is 0.375. The lowest BCUT2D eigenvalue weighted by atomic mass is 10.0. The number of fused-ring (bicyclic) bond motifs is 2. The van der Waals surface area contributed by atoms with Gasteiger partial charge in [-0.15, -0.1) is 11.8 Å². The summed E-state index contributed by atoms with van der Waals surface area (Å²) in [5, 5.41) is 23.5. The van der Waals surface area contributed by atoms with Gasteiger partial charge in [-0.1, -0.05) is 11.3 Å². The van der Waals surface area contributed by atoms with E-state index >= 15 is 0 Å². The first-order chi connectivity index (χ1) is 13.5. The molecule has 4 heterocycles. The minimum atomic E-state index is -1.17. The normalized spacial score (nSPS) is 22.8. The number of imidazole rings is 1. The maximum Gasteiger partial charge on any atom is 0.352 e. The third kappa shape index (κ3) is 2.80. The molecule has 1 fully saturated rings. The van der Waals surface area contributed by atoms with Crippen molar-refractivity contribution >= 4 is 46.2 Å². The molecule has 4 rings (SSSR count). The number of hydrogen-bond acceptors (Lipinski definition) is 7. The van der Waals surface area contributed by atoms with Crippen LogP contribution in [-0.2, 0) is 20.9 Å². The Morgan fingerprint density at radius 3 is 3.00 bits per heavy atom. The quantitative estimate of drug-likeness (QED) is 0.245. The average Bonchev–Trinajstić information content (AvgIpc) is 3.26. The molecule has 0 saturated carbocycles. The van der Waals surface area contributed by atoms with Crippen molar-refractivity contribution in [2.75, 3.05) is 12.4 Å². The largest absolute Gasteiger partial charge is 0.477 e. The first-order valence-corrected chi connectivity index (χ1v) is 10.3. The summed E-state index contributed by atoms with van der Waals surface area (Å²) in [6, 6.07) is -1.34. The number of aliphatic carboxylic acids is 1. The molecule has 2 aromatic rings. The monoisotopic (exact) mass is 424 g/mol. The standard InChI is InChI=1S/C16H17N5O5S2/c17-11-14(24)21-12(16(25)26)8(6-28-15(11)21)3-19-4-10-20(1-2-27-10)13(19)9(5-22)18-7-23/h1-2,4,7,9,11,15,22H,3,5-6,17H2,(H-,18,23,25,26)/p+1/t9-,11-,15-/m1/s1. The summed E-state index contributed by atoms with van der Waals surface area (Å²) in [7, 11) is 0. The molecule has 3 atom stereocenters. The van der Waals surface area contributed by atoms with E-state index in [0.29, 0.717) is 23.6 Å². The first-order valence-electron chi connectivity index (χ1n) is 8.42. The Labute approximate surface area is 167 Å². The lowest BCUT2D eigenvalue weighted by molar-refractivity contribution is -0.696. The molecule has 148 valence electrons. The fourth-order valence-electron chi connectivity index (χ4n) is 3.60. The minimum Gasteiger partial charge on any atom is -0.477 e. The van der Waals surface area contributed by atoms with E-state index in [0.717, 1.165) is 4.83 Å². The van der Waals surface area contributed by atoms with Crippen LogP contribution in [0.3, 0.4) is 0 Å². The van der Waals surface area contributed by atoms with E-state index in [1.807, 2.05) is 22.2 Å². The molecule has 0 radical (unpaired) electrons. The highest BCUT2D eigenvalue weighted by molar-refractivity contribution is 8.00. The maximum atomic E-state index is 12.1. The van der Waals surface area contributed by atoms with Crippen LogP contribution in [0.25, 0.3) is 4.83 Å². The van der Waals surface area contributed by atoms with Crippen molar-refractivity contribution in [3.05, 3.63) is 34.9 Å². The predicted molar refractivity (Wildman–Crippen MR) is 100 cm³/mol. The molecule has 5 N–H and O–H groups in total. The lowest BCUT2D eigenvalue weighted by Gasteiger charge is -2.47. The zero-order valence-corrected chi connectivity index (χ0v) is 16.2. The zero-order valence-electron chi connectivity index (χ0n) is 14.5. The van der Waals surface area contributed by atoms with E-state index in [1.54, 1.807) is 4.57 Å². The van der Waals surface area contributed by atoms with Crippen LogP contribution < -0.4 is 15.6 Å². The number of hydrogen-bond donors (Lipinski definition) is 4. The summed E-state index contributed by atoms with van der Waals surface area (Å²) in [5.41, 5.74) is 6.32. The van der Waals surface area contributed by atoms with Gasteiger partial charge in [-0.05, 0) is 0 Å². The Morgan fingerprint density at radius 1 is 1.54 bits per heavy atom. The smallest absolute Gasteiger partial charge is 0.352 e. The second-order valence-corrected chi connectivity index (χ2v) is 8.47. The van der Waals surface area contributed by atoms with Crippen molar-refractivity contribution < 1.29 is 29.2 Å². The van der Waals surface area contributed by atoms with E-state index in [2.05, 4.69) is 5.32 Å². The molecule has 12 heteroatoms. The van der Waals surface area contributed by atoms with Crippen molar-refractivity contribution in [2.45, 2.75) is 24.0 Å². The molecule has 10 nitrogen and oxygen atoms in total. The van der Waals surface area contributed by atoms with Gasteiger partial charge in [-0.25, -0.2) is 9.36 Å². The maximum absolute atomic E-state index is 12.1. The number of nitrogens with two attached hydrogens (primary N) is 1. The van der Waals surface area contributed by atoms with Crippen LogP contribution in [0.5, 0.6) is 0 Å². The number of carbonyl (C=O) groups is 3. The van der Waals surface area contributed by atoms with Gasteiger partial charge in [0.25, 0.3) is 5.82 Å². The van der Waals surface area contributed by atoms with Crippen molar-refractivity contribution in [3.63, 3.8) is 0 Å². The van der Waals surface area contributed by atoms with Gasteiger partial charge in [-0.3, -0.25) is 14.5 Å². The Morgan fingerprint density at radius 2 is 2.32 bits per heavy atom. The van der Waals surface area contributed by atoms with Gasteiger partial charge in [0.15, 0.2) is 6.04 Å². The van der Waals surface area contributed by atoms with E-state index in [4.69, 9.17) is 5.73 Å². The second-order valence-electron chi connectivity index (χ2n) is 6.44. The van der Waals surface area contributed by atoms with E-state index in [1.165, 1.54) is 28.0 Å². The number of thiazole rings is 1. The van der Waals surface area contributed by atoms with Crippen LogP contribution in [-0.4, -0.2) is 61.6 Å². The van der Waals surface area contributed by atoms with Crippen LogP contribution in [0.4, 0.5) is 0 Å². The van der Waals surface area contributed by atoms with Crippen LogP contribution in [0.15, 0.2) is 29.0 Å². The third-order valence-corrected chi connectivity index (χ3v) is 7.02. The van der Waals surface area contributed by atoms with Crippen molar-refractivity contribution in [2.24, 2.45) is 5.73 Å². The summed E-state index contributed by atoms with van der Waals surface area (Å²) in [6.45, 7) is -0.108. The van der Waals surface area contributed by atoms with Crippen molar-refractivity contribution in [3.8, 4) is 0 Å². The number of carboxylic acid groups (broad SMARTS) is 1. The van der Waals surface area contributed by atoms with Crippen LogP contribution >= 0.6 is 23.1 Å². The number of carboxylic acids is 1. The molecule has 0 unspecified atom stereocenters. The summed E-state index contributed by atoms with van der Waals surface area (Å²) in [6.07, 6.45) is 4.17. The zero-order chi connectivity index (χ0) is 20.0. The van der Waals surface area contributed by atoms with Gasteiger partial charge < -0.3 is 21.3 Å². The Bertz CT molecular complexity index is 999. The number of amides is 2. The molecule has 0 aliphatic carbocycles. The summed E-state index contributed by atoms with van der Waals surface area (Å²) < 4.78 is 3.64. The van der Waals surface area contributed by atoms with E-state index in [9.17, 15) is 24.6 Å². The minimum absolute atomic E-state index is 0.0349. The highest BCUT2D eigenvalue weighted by Crippen LogP contribution is 2.39. The van der Waals surface area contributed by atoms with E-state index < -0.39 is 24.0 Å². The van der Waals surface area contributed by atoms with Gasteiger partial charge in [0.2, 0.25) is 17.1 Å². The molecule has 0 spiro atoms. The number of aliphatic hydroxyl groups excluding tert-OH is 1. The lowest BCUT2D eigenvalue weighted by Crippen LogP contribution is -2.68. The molecule has 28 heavy (non-hydrogen) atoms. The molecular formula is C16H18N5O5S2+. The van der Waals surface area contributed by atoms with Gasteiger partial charge in [0.05, 0.1) is 6.61 Å². The van der Waals surface area contributed by atoms with Gasteiger partial charge in [0.1, 0.15) is 36.1 Å². The van der Waals surface area contributed by atoms with Gasteiger partial charge >= 0.3 is 5.97 Å². The molecule has 0 bridgehead atoms. The average molecular weight is 424 g/mol. The molecule has 1 saturated heterocycles. The third-order valence-electron chi connectivity index (χ3n) is 4.86. The molecule has 2 aromatic heterocycles. The number of thioether (sulfide) groups is 1. The van der Waals surface area contributed by atoms with Gasteiger partial charge in [0, 0.05) is 16.7 Å². The second kappa shape index (κ2) is 7.20. The number of aliphatic hydroxyl groups is 1. The summed E-state index contributed by atoms with van der Waals surface area (Å²) in [4.78, 5) is 37.1. The van der Waals surface area contributed by atoms with Crippen LogP contribution in [0.2, 0.25) is 0 Å². The number of nitrogens with one attached hydrogen (secondary N) is 1. The first kappa shape index (κ1) is 18.9. The topological polar surface area (TPSA) is 141 Å². The van der Waals surface area contributed by atoms with Crippen LogP contribution in [0.1, 0.15) is 11.9 Å². The van der Waals surface area contributed by atoms with Crippen molar-refractivity contribution in [1.82, 2.24) is 14.6 Å². The molecule has 2 amide bonds. The number of carbonyl (C=O) groups excluding carboxylic acids is 2. The number of nitrogens with zero attached hydrogens (tertiary/aromatic N) is 3. The molecular weight excluding hydrogens is 406 g/mol. The summed E-state index contributed by atoms with van der Waals surface area (Å²) in [5.74, 6) is -0.536. The summed E-state index contributed by atoms with van der Waals surface area (Å²) >= 11 is 2.91. The van der Waals surface area contributed by atoms with Crippen molar-refractivity contribution in [1.29, 1.82) is 0 Å². The molecule has 0 aromatic carbocycles. The van der Waals surface area contributed by atoms with Gasteiger partial charge in [-0.2, -0.15) is 4.40 Å². The van der Waals surface area contributed by atoms with Crippen LogP contribution in [0, 0.1) is 0 Å². The van der Waals surface area contributed by atoms with E-state index in [-0.39, 0.29) is 24.2 Å². The predicted octanol–water partition coefficient (Wildman–Crippen LogP) is -1.35. The number of rotatable bonds is 7. The fourth-order valence-corrected chi connectivity index (χ4v) is 5.66. The SMILES string of the molecule is N[C@@H]1C(=O)N2C(C(=O)O)=C(C[n+]3cc4sccn4c3[C@@H](CO)NC=O)CS[C@H]12. The highest BCUT2D eigenvalue weighted by atomic mass is 32.2. The Kier molecular flexibility index (Phi) is 4.87.